The molecule has 0 fully saturated rings. The number of fused-ring (bicyclic) bond motifs is 1. The molecule has 0 aliphatic carbocycles. The zero-order valence-electron chi connectivity index (χ0n) is 15.0. The fraction of sp³-hybridized carbons (Fsp3) is 0.368. The molecule has 4 rings (SSSR count). The van der Waals surface area contributed by atoms with Crippen LogP contribution >= 0.6 is 22.9 Å². The molecule has 0 amide bonds. The number of H-pyrrole nitrogens is 1. The molecular weight excluding hydrogens is 368 g/mol. The third-order valence-electron chi connectivity index (χ3n) is 5.37. The largest absolute Gasteiger partial charge is 0.319 e. The van der Waals surface area contributed by atoms with Crippen LogP contribution in [0, 0.1) is 0 Å². The van der Waals surface area contributed by atoms with Crippen molar-refractivity contribution >= 4 is 22.9 Å². The molecule has 136 valence electrons. The molecule has 0 saturated heterocycles. The zero-order chi connectivity index (χ0) is 18.5. The number of aromatic amines is 1. The summed E-state index contributed by atoms with van der Waals surface area (Å²) < 4.78 is 1.85. The fourth-order valence-corrected chi connectivity index (χ4v) is 4.92. The second-order valence-corrected chi connectivity index (χ2v) is 8.71. The smallest absolute Gasteiger partial charge is 0.304 e. The average molecular weight is 389 g/mol. The van der Waals surface area contributed by atoms with Gasteiger partial charge in [-0.05, 0) is 25.0 Å². The Labute approximate surface area is 161 Å². The van der Waals surface area contributed by atoms with Crippen LogP contribution in [0.2, 0.25) is 5.02 Å². The number of benzene rings is 1. The van der Waals surface area contributed by atoms with Crippen molar-refractivity contribution in [3.05, 3.63) is 73.0 Å². The first-order valence-electron chi connectivity index (χ1n) is 8.58. The van der Waals surface area contributed by atoms with E-state index in [4.69, 9.17) is 11.6 Å². The Morgan fingerprint density at radius 1 is 1.35 bits per heavy atom. The number of nitrogens with one attached hydrogen (secondary N) is 1. The maximum atomic E-state index is 11.6. The molecule has 0 saturated carbocycles. The highest BCUT2D eigenvalue weighted by Crippen LogP contribution is 2.48. The molecule has 1 N–H and O–H groups in total. The number of rotatable bonds is 4. The van der Waals surface area contributed by atoms with Crippen LogP contribution in [0.4, 0.5) is 0 Å². The van der Waals surface area contributed by atoms with Gasteiger partial charge in [0.25, 0.3) is 0 Å². The van der Waals surface area contributed by atoms with Crippen LogP contribution in [0.15, 0.2) is 41.5 Å². The van der Waals surface area contributed by atoms with Crippen molar-refractivity contribution < 1.29 is 0 Å². The SMILES string of the molecule is Cn1ncc(Cl)c1CC1c2ccccc2C(C)(C)N1Cc1c[nH]c(=O)s1. The molecule has 0 spiro atoms. The number of thiazole rings is 1. The first-order valence-corrected chi connectivity index (χ1v) is 9.77. The van der Waals surface area contributed by atoms with Gasteiger partial charge in [-0.25, -0.2) is 0 Å². The van der Waals surface area contributed by atoms with Crippen molar-refractivity contribution in [1.29, 1.82) is 0 Å². The van der Waals surface area contributed by atoms with Crippen molar-refractivity contribution in [2.75, 3.05) is 0 Å². The summed E-state index contributed by atoms with van der Waals surface area (Å²) in [6, 6.07) is 8.75. The highest BCUT2D eigenvalue weighted by molar-refractivity contribution is 7.09. The summed E-state index contributed by atoms with van der Waals surface area (Å²) in [6.45, 7) is 5.20. The van der Waals surface area contributed by atoms with Crippen molar-refractivity contribution in [2.45, 2.75) is 38.4 Å². The molecule has 5 nitrogen and oxygen atoms in total. The standard InChI is InChI=1S/C19H21ClN4OS/c1-19(2)14-7-5-4-6-13(14)16(8-17-15(20)10-22-23(17)3)24(19)11-12-9-21-18(25)26-12/h4-7,9-10,16H,8,11H2,1-3H3,(H,21,25). The summed E-state index contributed by atoms with van der Waals surface area (Å²) in [4.78, 5) is 17.8. The van der Waals surface area contributed by atoms with Crippen LogP contribution in [-0.2, 0) is 25.6 Å². The van der Waals surface area contributed by atoms with Gasteiger partial charge < -0.3 is 4.98 Å². The number of aromatic nitrogens is 3. The normalized spacial score (nSPS) is 19.0. The van der Waals surface area contributed by atoms with Gasteiger partial charge in [0, 0.05) is 42.7 Å². The van der Waals surface area contributed by atoms with E-state index in [9.17, 15) is 4.79 Å². The average Bonchev–Trinajstić information content (AvgIpc) is 3.22. The maximum absolute atomic E-state index is 11.6. The molecule has 0 radical (unpaired) electrons. The van der Waals surface area contributed by atoms with Gasteiger partial charge in [0.15, 0.2) is 0 Å². The van der Waals surface area contributed by atoms with Crippen molar-refractivity contribution in [2.24, 2.45) is 7.05 Å². The number of hydrogen-bond donors (Lipinski definition) is 1. The van der Waals surface area contributed by atoms with Gasteiger partial charge in [0.1, 0.15) is 0 Å². The molecular formula is C19H21ClN4OS. The van der Waals surface area contributed by atoms with E-state index in [1.807, 2.05) is 17.9 Å². The second kappa shape index (κ2) is 6.37. The fourth-order valence-electron chi connectivity index (χ4n) is 4.00. The van der Waals surface area contributed by atoms with E-state index < -0.39 is 0 Å². The van der Waals surface area contributed by atoms with Gasteiger partial charge in [0.05, 0.1) is 16.9 Å². The molecule has 1 aliphatic rings. The van der Waals surface area contributed by atoms with Crippen LogP contribution in [0.25, 0.3) is 0 Å². The molecule has 1 unspecified atom stereocenters. The van der Waals surface area contributed by atoms with E-state index in [-0.39, 0.29) is 16.5 Å². The van der Waals surface area contributed by atoms with Gasteiger partial charge in [0.2, 0.25) is 0 Å². The maximum Gasteiger partial charge on any atom is 0.304 e. The van der Waals surface area contributed by atoms with E-state index in [1.165, 1.54) is 22.5 Å². The molecule has 1 aliphatic heterocycles. The lowest BCUT2D eigenvalue weighted by atomic mass is 9.93. The minimum absolute atomic E-state index is 0.0132. The molecule has 1 aromatic carbocycles. The van der Waals surface area contributed by atoms with Crippen LogP contribution < -0.4 is 4.87 Å². The second-order valence-electron chi connectivity index (χ2n) is 7.20. The van der Waals surface area contributed by atoms with Crippen molar-refractivity contribution in [3.8, 4) is 0 Å². The van der Waals surface area contributed by atoms with E-state index in [0.717, 1.165) is 17.0 Å². The van der Waals surface area contributed by atoms with E-state index in [0.29, 0.717) is 11.6 Å². The van der Waals surface area contributed by atoms with Crippen molar-refractivity contribution in [1.82, 2.24) is 19.7 Å². The van der Waals surface area contributed by atoms with Gasteiger partial charge in [-0.15, -0.1) is 0 Å². The Bertz CT molecular complexity index is 983. The summed E-state index contributed by atoms with van der Waals surface area (Å²) >= 11 is 7.66. The van der Waals surface area contributed by atoms with E-state index >= 15 is 0 Å². The Morgan fingerprint density at radius 3 is 2.77 bits per heavy atom. The van der Waals surface area contributed by atoms with Crippen LogP contribution in [0.3, 0.4) is 0 Å². The molecule has 2 aromatic heterocycles. The van der Waals surface area contributed by atoms with Gasteiger partial charge >= 0.3 is 4.87 Å². The minimum atomic E-state index is -0.140. The third kappa shape index (κ3) is 2.82. The van der Waals surface area contributed by atoms with Gasteiger partial charge in [-0.3, -0.25) is 14.4 Å². The summed E-state index contributed by atoms with van der Waals surface area (Å²) in [5.41, 5.74) is 3.53. The number of nitrogens with zero attached hydrogens (tertiary/aromatic N) is 3. The monoisotopic (exact) mass is 388 g/mol. The lowest BCUT2D eigenvalue weighted by molar-refractivity contribution is 0.0846. The van der Waals surface area contributed by atoms with E-state index in [1.54, 1.807) is 6.20 Å². The van der Waals surface area contributed by atoms with Gasteiger partial charge in [-0.2, -0.15) is 5.10 Å². The Hall–Kier alpha value is -1.89. The Balaban J connectivity index is 1.77. The minimum Gasteiger partial charge on any atom is -0.319 e. The Kier molecular flexibility index (Phi) is 4.29. The van der Waals surface area contributed by atoms with Crippen LogP contribution in [0.1, 0.15) is 41.6 Å². The lowest BCUT2D eigenvalue weighted by Gasteiger charge is -2.36. The summed E-state index contributed by atoms with van der Waals surface area (Å²) in [6.07, 6.45) is 4.29. The molecule has 26 heavy (non-hydrogen) atoms. The first kappa shape index (κ1) is 17.5. The van der Waals surface area contributed by atoms with Crippen LogP contribution in [0.5, 0.6) is 0 Å². The topological polar surface area (TPSA) is 53.9 Å². The molecule has 0 bridgehead atoms. The number of hydrogen-bond acceptors (Lipinski definition) is 4. The predicted octanol–water partition coefficient (Wildman–Crippen LogP) is 3.86. The summed E-state index contributed by atoms with van der Waals surface area (Å²) in [7, 11) is 1.93. The molecule has 3 aromatic rings. The summed E-state index contributed by atoms with van der Waals surface area (Å²) in [5.74, 6) is 0. The highest BCUT2D eigenvalue weighted by Gasteiger charge is 2.44. The van der Waals surface area contributed by atoms with Gasteiger partial charge in [-0.1, -0.05) is 47.2 Å². The molecule has 7 heteroatoms. The zero-order valence-corrected chi connectivity index (χ0v) is 16.6. The van der Waals surface area contributed by atoms with E-state index in [2.05, 4.69) is 53.1 Å². The summed E-state index contributed by atoms with van der Waals surface area (Å²) in [5, 5.41) is 4.98. The number of aryl methyl sites for hydroxylation is 1. The highest BCUT2D eigenvalue weighted by atomic mass is 35.5. The number of halogens is 1. The molecule has 3 heterocycles. The lowest BCUT2D eigenvalue weighted by Crippen LogP contribution is -2.38. The predicted molar refractivity (Wildman–Crippen MR) is 105 cm³/mol. The quantitative estimate of drug-likeness (QED) is 0.738. The molecule has 1 atom stereocenters. The third-order valence-corrected chi connectivity index (χ3v) is 6.50. The van der Waals surface area contributed by atoms with Crippen LogP contribution in [-0.4, -0.2) is 19.7 Å². The Morgan fingerprint density at radius 2 is 2.12 bits per heavy atom. The van der Waals surface area contributed by atoms with Crippen molar-refractivity contribution in [3.63, 3.8) is 0 Å². The first-order chi connectivity index (χ1) is 12.4.